The van der Waals surface area contributed by atoms with Crippen LogP contribution in [0, 0.1) is 6.92 Å². The van der Waals surface area contributed by atoms with E-state index in [4.69, 9.17) is 0 Å². The molecule has 0 aliphatic rings. The summed E-state index contributed by atoms with van der Waals surface area (Å²) in [6, 6.07) is 6.72. The summed E-state index contributed by atoms with van der Waals surface area (Å²) in [7, 11) is 1.77. The molecule has 0 radical (unpaired) electrons. The molecule has 100 valence electrons. The third kappa shape index (κ3) is 3.31. The van der Waals surface area contributed by atoms with Gasteiger partial charge in [-0.1, -0.05) is 6.07 Å². The van der Waals surface area contributed by atoms with Crippen molar-refractivity contribution < 1.29 is 4.79 Å². The molecule has 2 aromatic heterocycles. The van der Waals surface area contributed by atoms with Crippen molar-refractivity contribution in [3.05, 3.63) is 46.5 Å². The van der Waals surface area contributed by atoms with Crippen molar-refractivity contribution in [2.45, 2.75) is 19.9 Å². The summed E-state index contributed by atoms with van der Waals surface area (Å²) in [6.45, 7) is 2.22. The van der Waals surface area contributed by atoms with Gasteiger partial charge in [-0.2, -0.15) is 5.10 Å². The van der Waals surface area contributed by atoms with Crippen LogP contribution in [0.1, 0.15) is 12.1 Å². The fourth-order valence-corrected chi connectivity index (χ4v) is 1.80. The van der Waals surface area contributed by atoms with E-state index in [9.17, 15) is 9.59 Å². The SMILES string of the molecule is Cc1cc(NC(=O)CCn2ccccc2=O)n(C)n1. The minimum Gasteiger partial charge on any atom is -0.315 e. The highest BCUT2D eigenvalue weighted by atomic mass is 16.2. The molecule has 6 heteroatoms. The van der Waals surface area contributed by atoms with Gasteiger partial charge < -0.3 is 9.88 Å². The van der Waals surface area contributed by atoms with E-state index >= 15 is 0 Å². The van der Waals surface area contributed by atoms with Crippen molar-refractivity contribution in [3.8, 4) is 0 Å². The van der Waals surface area contributed by atoms with Gasteiger partial charge in [0.25, 0.3) is 5.56 Å². The Morgan fingerprint density at radius 2 is 2.21 bits per heavy atom. The van der Waals surface area contributed by atoms with Crippen LogP contribution in [0.15, 0.2) is 35.3 Å². The number of hydrogen-bond acceptors (Lipinski definition) is 3. The monoisotopic (exact) mass is 260 g/mol. The number of nitrogens with zero attached hydrogens (tertiary/aromatic N) is 3. The molecule has 0 atom stereocenters. The summed E-state index contributed by atoms with van der Waals surface area (Å²) in [4.78, 5) is 23.3. The lowest BCUT2D eigenvalue weighted by Crippen LogP contribution is -2.22. The van der Waals surface area contributed by atoms with E-state index in [0.29, 0.717) is 12.4 Å². The molecule has 6 nitrogen and oxygen atoms in total. The average Bonchev–Trinajstić information content (AvgIpc) is 2.67. The van der Waals surface area contributed by atoms with E-state index in [2.05, 4.69) is 10.4 Å². The molecule has 0 aromatic carbocycles. The van der Waals surface area contributed by atoms with Crippen LogP contribution in [0.4, 0.5) is 5.82 Å². The predicted octanol–water partition coefficient (Wildman–Crippen LogP) is 0.919. The Bertz CT molecular complexity index is 642. The first-order valence-electron chi connectivity index (χ1n) is 6.02. The van der Waals surface area contributed by atoms with Gasteiger partial charge >= 0.3 is 0 Å². The number of carbonyl (C=O) groups is 1. The van der Waals surface area contributed by atoms with Crippen LogP contribution >= 0.6 is 0 Å². The largest absolute Gasteiger partial charge is 0.315 e. The number of amides is 1. The van der Waals surface area contributed by atoms with Crippen molar-refractivity contribution >= 4 is 11.7 Å². The van der Waals surface area contributed by atoms with E-state index in [1.54, 1.807) is 36.1 Å². The van der Waals surface area contributed by atoms with Gasteiger partial charge in [0, 0.05) is 38.3 Å². The lowest BCUT2D eigenvalue weighted by molar-refractivity contribution is -0.116. The summed E-state index contributed by atoms with van der Waals surface area (Å²) < 4.78 is 3.12. The molecule has 2 aromatic rings. The third-order valence-electron chi connectivity index (χ3n) is 2.75. The standard InChI is InChI=1S/C13H16N4O2/c1-10-9-11(16(2)15-10)14-12(18)6-8-17-7-4-3-5-13(17)19/h3-5,7,9H,6,8H2,1-2H3,(H,14,18). The molecule has 1 N–H and O–H groups in total. The molecule has 0 spiro atoms. The second kappa shape index (κ2) is 5.51. The number of nitrogens with one attached hydrogen (secondary N) is 1. The van der Waals surface area contributed by atoms with Crippen molar-refractivity contribution in [2.75, 3.05) is 5.32 Å². The molecule has 0 unspecified atom stereocenters. The number of rotatable bonds is 4. The molecule has 2 rings (SSSR count). The number of anilines is 1. The number of aromatic nitrogens is 3. The second-order valence-corrected chi connectivity index (χ2v) is 4.33. The smallest absolute Gasteiger partial charge is 0.250 e. The number of carbonyl (C=O) groups excluding carboxylic acids is 1. The topological polar surface area (TPSA) is 68.9 Å². The van der Waals surface area contributed by atoms with Crippen molar-refractivity contribution in [1.82, 2.24) is 14.3 Å². The van der Waals surface area contributed by atoms with Gasteiger partial charge in [0.15, 0.2) is 0 Å². The Morgan fingerprint density at radius 3 is 2.84 bits per heavy atom. The fourth-order valence-electron chi connectivity index (χ4n) is 1.80. The minimum atomic E-state index is -0.140. The maximum atomic E-state index is 11.8. The molecular weight excluding hydrogens is 244 g/mol. The Balaban J connectivity index is 1.94. The van der Waals surface area contributed by atoms with Crippen molar-refractivity contribution in [3.63, 3.8) is 0 Å². The Hall–Kier alpha value is -2.37. The van der Waals surface area contributed by atoms with E-state index in [-0.39, 0.29) is 17.9 Å². The van der Waals surface area contributed by atoms with Gasteiger partial charge in [-0.3, -0.25) is 14.3 Å². The molecule has 0 saturated carbocycles. The summed E-state index contributed by atoms with van der Waals surface area (Å²) in [5.41, 5.74) is 0.740. The van der Waals surface area contributed by atoms with Gasteiger partial charge in [0.1, 0.15) is 5.82 Å². The molecule has 2 heterocycles. The van der Waals surface area contributed by atoms with Gasteiger partial charge in [0.05, 0.1) is 5.69 Å². The minimum absolute atomic E-state index is 0.105. The number of hydrogen-bond donors (Lipinski definition) is 1. The van der Waals surface area contributed by atoms with Crippen molar-refractivity contribution in [1.29, 1.82) is 0 Å². The highest BCUT2D eigenvalue weighted by Crippen LogP contribution is 2.08. The first-order valence-corrected chi connectivity index (χ1v) is 6.02. The summed E-state index contributed by atoms with van der Waals surface area (Å²) in [5, 5.41) is 6.91. The van der Waals surface area contributed by atoms with Crippen LogP contribution in [0.2, 0.25) is 0 Å². The molecule has 0 aliphatic heterocycles. The van der Waals surface area contributed by atoms with E-state index < -0.39 is 0 Å². The number of pyridine rings is 1. The zero-order valence-electron chi connectivity index (χ0n) is 11.0. The zero-order valence-corrected chi connectivity index (χ0v) is 11.0. The molecule has 0 saturated heterocycles. The Kier molecular flexibility index (Phi) is 3.79. The van der Waals surface area contributed by atoms with Crippen molar-refractivity contribution in [2.24, 2.45) is 7.05 Å². The second-order valence-electron chi connectivity index (χ2n) is 4.33. The van der Waals surface area contributed by atoms with Gasteiger partial charge in [0.2, 0.25) is 5.91 Å². The average molecular weight is 260 g/mol. The molecule has 0 bridgehead atoms. The summed E-state index contributed by atoms with van der Waals surface area (Å²) >= 11 is 0. The maximum Gasteiger partial charge on any atom is 0.250 e. The van der Waals surface area contributed by atoms with Crippen LogP contribution in [0.5, 0.6) is 0 Å². The molecule has 19 heavy (non-hydrogen) atoms. The van der Waals surface area contributed by atoms with Gasteiger partial charge in [-0.05, 0) is 13.0 Å². The highest BCUT2D eigenvalue weighted by molar-refractivity contribution is 5.89. The molecule has 0 aliphatic carbocycles. The first-order chi connectivity index (χ1) is 9.06. The summed E-state index contributed by atoms with van der Waals surface area (Å²) in [6.07, 6.45) is 1.91. The fraction of sp³-hybridized carbons (Fsp3) is 0.308. The van der Waals surface area contributed by atoms with Crippen LogP contribution < -0.4 is 10.9 Å². The first kappa shape index (κ1) is 13.1. The molecule has 1 amide bonds. The zero-order chi connectivity index (χ0) is 13.8. The molecule has 0 fully saturated rings. The maximum absolute atomic E-state index is 11.8. The lowest BCUT2D eigenvalue weighted by Gasteiger charge is -2.06. The Morgan fingerprint density at radius 1 is 1.42 bits per heavy atom. The molecular formula is C13H16N4O2. The van der Waals surface area contributed by atoms with Crippen LogP contribution in [0.3, 0.4) is 0 Å². The van der Waals surface area contributed by atoms with Crippen LogP contribution in [-0.2, 0) is 18.4 Å². The van der Waals surface area contributed by atoms with E-state index in [1.165, 1.54) is 10.6 Å². The van der Waals surface area contributed by atoms with Crippen LogP contribution in [-0.4, -0.2) is 20.3 Å². The third-order valence-corrected chi connectivity index (χ3v) is 2.75. The van der Waals surface area contributed by atoms with Gasteiger partial charge in [-0.25, -0.2) is 0 Å². The Labute approximate surface area is 110 Å². The predicted molar refractivity (Wildman–Crippen MR) is 71.9 cm³/mol. The van der Waals surface area contributed by atoms with E-state index in [1.807, 2.05) is 6.92 Å². The highest BCUT2D eigenvalue weighted by Gasteiger charge is 2.07. The quantitative estimate of drug-likeness (QED) is 0.888. The van der Waals surface area contributed by atoms with Crippen LogP contribution in [0.25, 0.3) is 0 Å². The van der Waals surface area contributed by atoms with E-state index in [0.717, 1.165) is 5.69 Å². The lowest BCUT2D eigenvalue weighted by atomic mass is 10.3. The van der Waals surface area contributed by atoms with Gasteiger partial charge in [-0.15, -0.1) is 0 Å². The number of aryl methyl sites for hydroxylation is 3. The normalized spacial score (nSPS) is 10.4. The summed E-state index contributed by atoms with van der Waals surface area (Å²) in [5.74, 6) is 0.515.